The molecule has 6 heteroatoms. The lowest BCUT2D eigenvalue weighted by Gasteiger charge is -2.23. The van der Waals surface area contributed by atoms with Gasteiger partial charge in [-0.05, 0) is 39.8 Å². The molecule has 1 N–H and O–H groups in total. The van der Waals surface area contributed by atoms with Crippen molar-refractivity contribution < 1.29 is 9.53 Å². The van der Waals surface area contributed by atoms with Crippen LogP contribution in [0.4, 0.5) is 5.69 Å². The zero-order chi connectivity index (χ0) is 14.8. The number of benzene rings is 1. The molecule has 0 saturated carbocycles. The summed E-state index contributed by atoms with van der Waals surface area (Å²) in [6, 6.07) is 2.55. The van der Waals surface area contributed by atoms with E-state index in [-0.39, 0.29) is 5.97 Å². The average Bonchev–Trinajstić information content (AvgIpc) is 2.23. The van der Waals surface area contributed by atoms with E-state index in [4.69, 9.17) is 39.5 Å². The summed E-state index contributed by atoms with van der Waals surface area (Å²) >= 11 is 17.8. The number of carbonyl (C=O) groups is 1. The first kappa shape index (κ1) is 16.4. The molecule has 0 aromatic heterocycles. The van der Waals surface area contributed by atoms with Crippen LogP contribution >= 0.6 is 34.8 Å². The van der Waals surface area contributed by atoms with Crippen LogP contribution in [0.1, 0.15) is 27.7 Å². The van der Waals surface area contributed by atoms with Crippen molar-refractivity contribution in [2.24, 2.45) is 0 Å². The largest absolute Gasteiger partial charge is 0.458 e. The Balaban J connectivity index is 2.80. The number of carbonyl (C=O) groups excluding carboxylic acids is 1. The predicted molar refractivity (Wildman–Crippen MR) is 80.4 cm³/mol. The van der Waals surface area contributed by atoms with Gasteiger partial charge in [0.05, 0.1) is 20.8 Å². The van der Waals surface area contributed by atoms with E-state index in [0.717, 1.165) is 0 Å². The quantitative estimate of drug-likeness (QED) is 0.642. The molecule has 1 aromatic rings. The van der Waals surface area contributed by atoms with Crippen molar-refractivity contribution >= 4 is 46.5 Å². The van der Waals surface area contributed by atoms with E-state index in [2.05, 4.69) is 5.32 Å². The fourth-order valence-corrected chi connectivity index (χ4v) is 1.92. The number of nitrogens with one attached hydrogen (secondary N) is 1. The first-order valence-corrected chi connectivity index (χ1v) is 6.87. The van der Waals surface area contributed by atoms with Crippen molar-refractivity contribution in [2.75, 3.05) is 5.32 Å². The van der Waals surface area contributed by atoms with Gasteiger partial charge in [0.1, 0.15) is 11.6 Å². The molecule has 3 nitrogen and oxygen atoms in total. The van der Waals surface area contributed by atoms with Crippen LogP contribution in [0.5, 0.6) is 0 Å². The highest BCUT2D eigenvalue weighted by Crippen LogP contribution is 2.32. The lowest BCUT2D eigenvalue weighted by molar-refractivity contribution is -0.155. The third-order valence-corrected chi connectivity index (χ3v) is 3.18. The molecule has 1 atom stereocenters. The molecule has 0 heterocycles. The highest BCUT2D eigenvalue weighted by molar-refractivity contribution is 6.44. The summed E-state index contributed by atoms with van der Waals surface area (Å²) in [5.41, 5.74) is 0.00323. The molecule has 1 unspecified atom stereocenters. The Hall–Kier alpha value is -0.640. The van der Waals surface area contributed by atoms with Crippen molar-refractivity contribution in [3.63, 3.8) is 0 Å². The summed E-state index contributed by atoms with van der Waals surface area (Å²) in [6.45, 7) is 7.12. The van der Waals surface area contributed by atoms with Crippen molar-refractivity contribution in [3.05, 3.63) is 27.2 Å². The number of ether oxygens (including phenoxy) is 1. The standard InChI is InChI=1S/C13H16Cl3NO2/c1-7(12(18)19-13(2,3)4)17-11-6-9(15)8(14)5-10(11)16/h5-7,17H,1-4H3. The second kappa shape index (κ2) is 6.21. The van der Waals surface area contributed by atoms with E-state index in [9.17, 15) is 4.79 Å². The SMILES string of the molecule is CC(Nc1cc(Cl)c(Cl)cc1Cl)C(=O)OC(C)(C)C. The highest BCUT2D eigenvalue weighted by Gasteiger charge is 2.22. The second-order valence-corrected chi connectivity index (χ2v) is 6.37. The normalized spacial score (nSPS) is 13.0. The third-order valence-electron chi connectivity index (χ3n) is 2.14. The van der Waals surface area contributed by atoms with Gasteiger partial charge in [-0.2, -0.15) is 0 Å². The summed E-state index contributed by atoms with van der Waals surface area (Å²) in [5, 5.41) is 4.07. The molecule has 0 saturated heterocycles. The fraction of sp³-hybridized carbons (Fsp3) is 0.462. The van der Waals surface area contributed by atoms with E-state index in [1.165, 1.54) is 6.07 Å². The Morgan fingerprint density at radius 2 is 1.68 bits per heavy atom. The number of rotatable bonds is 3. The first-order chi connectivity index (χ1) is 8.60. The lowest BCUT2D eigenvalue weighted by atomic mass is 10.2. The Morgan fingerprint density at radius 3 is 2.21 bits per heavy atom. The van der Waals surface area contributed by atoms with Crippen LogP contribution in [0.3, 0.4) is 0 Å². The van der Waals surface area contributed by atoms with Crippen molar-refractivity contribution in [2.45, 2.75) is 39.3 Å². The summed E-state index contributed by atoms with van der Waals surface area (Å²) in [5.74, 6) is -0.366. The maximum absolute atomic E-state index is 11.8. The maximum atomic E-state index is 11.8. The molecule has 1 aromatic carbocycles. The summed E-state index contributed by atoms with van der Waals surface area (Å²) in [4.78, 5) is 11.8. The van der Waals surface area contributed by atoms with Gasteiger partial charge in [0.2, 0.25) is 0 Å². The Morgan fingerprint density at radius 1 is 1.16 bits per heavy atom. The van der Waals surface area contributed by atoms with Crippen LogP contribution in [-0.2, 0) is 9.53 Å². The van der Waals surface area contributed by atoms with Crippen LogP contribution in [-0.4, -0.2) is 17.6 Å². The molecule has 0 aliphatic heterocycles. The molecule has 0 spiro atoms. The van der Waals surface area contributed by atoms with Crippen LogP contribution in [0.25, 0.3) is 0 Å². The summed E-state index contributed by atoms with van der Waals surface area (Å²) in [7, 11) is 0. The molecule has 0 aliphatic rings. The number of halogens is 3. The zero-order valence-corrected chi connectivity index (χ0v) is 13.5. The van der Waals surface area contributed by atoms with Gasteiger partial charge in [-0.1, -0.05) is 34.8 Å². The van der Waals surface area contributed by atoms with E-state index < -0.39 is 11.6 Å². The average molecular weight is 325 g/mol. The predicted octanol–water partition coefficient (Wildman–Crippen LogP) is 4.79. The van der Waals surface area contributed by atoms with E-state index in [1.54, 1.807) is 13.0 Å². The molecular weight excluding hydrogens is 309 g/mol. The summed E-state index contributed by atoms with van der Waals surface area (Å²) < 4.78 is 5.26. The van der Waals surface area contributed by atoms with E-state index >= 15 is 0 Å². The van der Waals surface area contributed by atoms with Gasteiger partial charge in [-0.15, -0.1) is 0 Å². The zero-order valence-electron chi connectivity index (χ0n) is 11.2. The smallest absolute Gasteiger partial charge is 0.328 e. The van der Waals surface area contributed by atoms with Gasteiger partial charge in [-0.3, -0.25) is 0 Å². The van der Waals surface area contributed by atoms with Crippen molar-refractivity contribution in [1.29, 1.82) is 0 Å². The number of anilines is 1. The Labute approximate surface area is 128 Å². The highest BCUT2D eigenvalue weighted by atomic mass is 35.5. The van der Waals surface area contributed by atoms with Crippen molar-refractivity contribution in [3.8, 4) is 0 Å². The maximum Gasteiger partial charge on any atom is 0.328 e. The minimum atomic E-state index is -0.547. The summed E-state index contributed by atoms with van der Waals surface area (Å²) in [6.07, 6.45) is 0. The first-order valence-electron chi connectivity index (χ1n) is 5.74. The van der Waals surface area contributed by atoms with Crippen LogP contribution in [0.2, 0.25) is 15.1 Å². The molecule has 0 bridgehead atoms. The monoisotopic (exact) mass is 323 g/mol. The molecule has 0 amide bonds. The Bertz CT molecular complexity index is 484. The Kier molecular flexibility index (Phi) is 5.36. The number of esters is 1. The van der Waals surface area contributed by atoms with Crippen LogP contribution in [0.15, 0.2) is 12.1 Å². The van der Waals surface area contributed by atoms with E-state index in [1.807, 2.05) is 20.8 Å². The molecule has 106 valence electrons. The topological polar surface area (TPSA) is 38.3 Å². The molecule has 0 aliphatic carbocycles. The van der Waals surface area contributed by atoms with Gasteiger partial charge in [0.15, 0.2) is 0 Å². The second-order valence-electron chi connectivity index (χ2n) is 5.15. The van der Waals surface area contributed by atoms with Gasteiger partial charge in [0.25, 0.3) is 0 Å². The fourth-order valence-electron chi connectivity index (χ4n) is 1.32. The van der Waals surface area contributed by atoms with Gasteiger partial charge in [0, 0.05) is 0 Å². The van der Waals surface area contributed by atoms with Crippen molar-refractivity contribution in [1.82, 2.24) is 0 Å². The van der Waals surface area contributed by atoms with Gasteiger partial charge < -0.3 is 10.1 Å². The molecule has 0 fully saturated rings. The van der Waals surface area contributed by atoms with E-state index in [0.29, 0.717) is 20.8 Å². The minimum Gasteiger partial charge on any atom is -0.458 e. The number of hydrogen-bond acceptors (Lipinski definition) is 3. The third kappa shape index (κ3) is 5.09. The van der Waals surface area contributed by atoms with Crippen LogP contribution < -0.4 is 5.32 Å². The minimum absolute atomic E-state index is 0.363. The van der Waals surface area contributed by atoms with Gasteiger partial charge in [-0.25, -0.2) is 4.79 Å². The molecule has 0 radical (unpaired) electrons. The van der Waals surface area contributed by atoms with Gasteiger partial charge >= 0.3 is 5.97 Å². The lowest BCUT2D eigenvalue weighted by Crippen LogP contribution is -2.34. The number of hydrogen-bond donors (Lipinski definition) is 1. The molecular formula is C13H16Cl3NO2. The van der Waals surface area contributed by atoms with Crippen LogP contribution in [0, 0.1) is 0 Å². The molecule has 1 rings (SSSR count). The molecule has 19 heavy (non-hydrogen) atoms.